The van der Waals surface area contributed by atoms with Gasteiger partial charge in [-0.15, -0.1) is 0 Å². The van der Waals surface area contributed by atoms with Gasteiger partial charge in [-0.1, -0.05) is 0 Å². The third-order valence-corrected chi connectivity index (χ3v) is 4.44. The zero-order valence-electron chi connectivity index (χ0n) is 16.2. The average molecular weight is 382 g/mol. The van der Waals surface area contributed by atoms with E-state index in [1.807, 2.05) is 37.5 Å². The number of carbonyl (C=O) groups is 2. The van der Waals surface area contributed by atoms with Crippen LogP contribution in [0.15, 0.2) is 36.5 Å². The zero-order chi connectivity index (χ0) is 20.4. The number of nitrogens with one attached hydrogen (secondary N) is 1. The number of hydrogen-bond acceptors (Lipinski definition) is 4. The molecule has 2 N–H and O–H groups in total. The van der Waals surface area contributed by atoms with Crippen molar-refractivity contribution in [1.82, 2.24) is 14.3 Å². The molecule has 0 aliphatic carbocycles. The third kappa shape index (κ3) is 3.75. The van der Waals surface area contributed by atoms with Crippen molar-refractivity contribution < 1.29 is 19.4 Å². The number of benzene rings is 1. The van der Waals surface area contributed by atoms with Crippen LogP contribution < -0.4 is 10.1 Å². The van der Waals surface area contributed by atoms with E-state index in [1.54, 1.807) is 36.1 Å². The fraction of sp³-hybridized carbons (Fsp3) is 0.250. The molecule has 0 radical (unpaired) electrons. The van der Waals surface area contributed by atoms with E-state index in [0.717, 1.165) is 17.0 Å². The van der Waals surface area contributed by atoms with E-state index in [9.17, 15) is 9.59 Å². The molecule has 8 heteroatoms. The Morgan fingerprint density at radius 1 is 1.14 bits per heavy atom. The van der Waals surface area contributed by atoms with Crippen LogP contribution in [0.1, 0.15) is 27.3 Å². The van der Waals surface area contributed by atoms with Gasteiger partial charge in [-0.3, -0.25) is 9.48 Å². The van der Waals surface area contributed by atoms with E-state index in [2.05, 4.69) is 10.4 Å². The van der Waals surface area contributed by atoms with Gasteiger partial charge >= 0.3 is 5.97 Å². The molecule has 2 heterocycles. The van der Waals surface area contributed by atoms with E-state index < -0.39 is 12.6 Å². The number of carboxylic acid groups (broad SMARTS) is 1. The van der Waals surface area contributed by atoms with Crippen molar-refractivity contribution in [2.24, 2.45) is 7.05 Å². The van der Waals surface area contributed by atoms with Gasteiger partial charge in [0.05, 0.1) is 6.20 Å². The Hall–Kier alpha value is -3.55. The van der Waals surface area contributed by atoms with Crippen molar-refractivity contribution >= 4 is 17.6 Å². The molecule has 2 aromatic heterocycles. The number of hydrogen-bond donors (Lipinski definition) is 2. The largest absolute Gasteiger partial charge is 0.482 e. The molecule has 0 fully saturated rings. The van der Waals surface area contributed by atoms with Crippen molar-refractivity contribution in [3.63, 3.8) is 0 Å². The lowest BCUT2D eigenvalue weighted by Gasteiger charge is -2.14. The summed E-state index contributed by atoms with van der Waals surface area (Å²) >= 11 is 0. The molecule has 0 saturated carbocycles. The van der Waals surface area contributed by atoms with Gasteiger partial charge in [-0.25, -0.2) is 4.79 Å². The Morgan fingerprint density at radius 2 is 1.82 bits per heavy atom. The molecule has 3 aromatic rings. The zero-order valence-corrected chi connectivity index (χ0v) is 16.2. The average Bonchev–Trinajstić information content (AvgIpc) is 3.17. The van der Waals surface area contributed by atoms with Crippen LogP contribution in [0.25, 0.3) is 5.82 Å². The Kier molecular flexibility index (Phi) is 5.21. The fourth-order valence-corrected chi connectivity index (χ4v) is 3.06. The molecule has 1 aromatic carbocycles. The summed E-state index contributed by atoms with van der Waals surface area (Å²) in [6, 6.07) is 8.97. The molecule has 0 spiro atoms. The third-order valence-electron chi connectivity index (χ3n) is 4.44. The second kappa shape index (κ2) is 7.59. The van der Waals surface area contributed by atoms with E-state index in [4.69, 9.17) is 9.84 Å². The Morgan fingerprint density at radius 3 is 2.43 bits per heavy atom. The Labute approximate surface area is 162 Å². The molecule has 8 nitrogen and oxygen atoms in total. The van der Waals surface area contributed by atoms with Gasteiger partial charge in [0.2, 0.25) is 0 Å². The molecule has 146 valence electrons. The molecule has 0 aliphatic rings. The summed E-state index contributed by atoms with van der Waals surface area (Å²) in [5.41, 5.74) is 3.84. The number of carbonyl (C=O) groups excluding carboxylic acids is 1. The highest BCUT2D eigenvalue weighted by Gasteiger charge is 2.20. The first-order chi connectivity index (χ1) is 13.3. The van der Waals surface area contributed by atoms with E-state index in [0.29, 0.717) is 22.8 Å². The molecule has 3 rings (SSSR count). The Bertz CT molecular complexity index is 1030. The molecule has 0 atom stereocenters. The fourth-order valence-electron chi connectivity index (χ4n) is 3.06. The second-order valence-corrected chi connectivity index (χ2v) is 6.57. The van der Waals surface area contributed by atoms with Crippen LogP contribution in [-0.4, -0.2) is 37.9 Å². The molecular weight excluding hydrogens is 360 g/mol. The first kappa shape index (κ1) is 19.2. The summed E-state index contributed by atoms with van der Waals surface area (Å²) in [5.74, 6) is -0.206. The van der Waals surface area contributed by atoms with E-state index >= 15 is 0 Å². The van der Waals surface area contributed by atoms with Gasteiger partial charge in [0.25, 0.3) is 5.91 Å². The molecular formula is C20H22N4O4. The van der Waals surface area contributed by atoms with Gasteiger partial charge < -0.3 is 19.7 Å². The molecule has 0 aliphatic heterocycles. The van der Waals surface area contributed by atoms with Gasteiger partial charge in [-0.05, 0) is 56.7 Å². The highest BCUT2D eigenvalue weighted by Crippen LogP contribution is 2.24. The Balaban J connectivity index is 1.86. The number of amides is 1. The first-order valence-corrected chi connectivity index (χ1v) is 8.72. The highest BCUT2D eigenvalue weighted by molar-refractivity contribution is 6.06. The van der Waals surface area contributed by atoms with Crippen molar-refractivity contribution in [2.45, 2.75) is 20.8 Å². The highest BCUT2D eigenvalue weighted by atomic mass is 16.5. The molecule has 0 bridgehead atoms. The lowest BCUT2D eigenvalue weighted by atomic mass is 10.1. The predicted octanol–water partition coefficient (Wildman–Crippen LogP) is 2.85. The van der Waals surface area contributed by atoms with Gasteiger partial charge in [0.1, 0.15) is 17.1 Å². The lowest BCUT2D eigenvalue weighted by Crippen LogP contribution is -2.17. The quantitative estimate of drug-likeness (QED) is 0.683. The number of aryl methyl sites for hydroxylation is 4. The van der Waals surface area contributed by atoms with Crippen molar-refractivity contribution in [2.75, 3.05) is 11.9 Å². The normalized spacial score (nSPS) is 10.7. The van der Waals surface area contributed by atoms with Crippen molar-refractivity contribution in [3.8, 4) is 11.6 Å². The second-order valence-electron chi connectivity index (χ2n) is 6.57. The topological polar surface area (TPSA) is 98.4 Å². The summed E-state index contributed by atoms with van der Waals surface area (Å²) in [7, 11) is 1.80. The minimum atomic E-state index is -1.05. The number of ether oxygens (including phenoxy) is 1. The molecule has 28 heavy (non-hydrogen) atoms. The van der Waals surface area contributed by atoms with Gasteiger partial charge in [0.15, 0.2) is 6.61 Å². The number of rotatable bonds is 6. The summed E-state index contributed by atoms with van der Waals surface area (Å²) in [5, 5.41) is 15.8. The summed E-state index contributed by atoms with van der Waals surface area (Å²) < 4.78 is 8.82. The number of nitrogens with zero attached hydrogens (tertiary/aromatic N) is 3. The summed E-state index contributed by atoms with van der Waals surface area (Å²) in [4.78, 5) is 23.5. The predicted molar refractivity (Wildman–Crippen MR) is 104 cm³/mol. The maximum atomic E-state index is 12.9. The first-order valence-electron chi connectivity index (χ1n) is 8.72. The standard InChI is InChI=1S/C20H22N4O4/c1-12-9-15(28-11-18(25)26)7-8-17(12)22-19(27)16-10-21-23(4)20(16)24-13(2)5-6-14(24)3/h5-10H,11H2,1-4H3,(H,22,27)(H,25,26). The smallest absolute Gasteiger partial charge is 0.341 e. The van der Waals surface area contributed by atoms with Crippen LogP contribution in [0.5, 0.6) is 5.75 Å². The maximum absolute atomic E-state index is 12.9. The number of anilines is 1. The van der Waals surface area contributed by atoms with Crippen molar-refractivity contribution in [3.05, 3.63) is 59.0 Å². The lowest BCUT2D eigenvalue weighted by molar-refractivity contribution is -0.139. The number of aromatic nitrogens is 3. The number of carboxylic acids is 1. The van der Waals surface area contributed by atoms with E-state index in [1.165, 1.54) is 0 Å². The molecule has 0 saturated heterocycles. The number of aliphatic carboxylic acids is 1. The van der Waals surface area contributed by atoms with Crippen LogP contribution in [0, 0.1) is 20.8 Å². The SMILES string of the molecule is Cc1cc(OCC(=O)O)ccc1NC(=O)c1cnn(C)c1-n1c(C)ccc1C. The van der Waals surface area contributed by atoms with Crippen LogP contribution in [0.2, 0.25) is 0 Å². The minimum Gasteiger partial charge on any atom is -0.482 e. The summed E-state index contributed by atoms with van der Waals surface area (Å²) in [6.45, 7) is 5.34. The summed E-state index contributed by atoms with van der Waals surface area (Å²) in [6.07, 6.45) is 1.54. The van der Waals surface area contributed by atoms with Crippen LogP contribution in [0.4, 0.5) is 5.69 Å². The van der Waals surface area contributed by atoms with Gasteiger partial charge in [-0.2, -0.15) is 5.10 Å². The molecule has 0 unspecified atom stereocenters. The van der Waals surface area contributed by atoms with Gasteiger partial charge in [0, 0.05) is 24.1 Å². The van der Waals surface area contributed by atoms with E-state index in [-0.39, 0.29) is 5.91 Å². The molecule has 1 amide bonds. The van der Waals surface area contributed by atoms with Crippen molar-refractivity contribution in [1.29, 1.82) is 0 Å². The minimum absolute atomic E-state index is 0.280. The maximum Gasteiger partial charge on any atom is 0.341 e. The van der Waals surface area contributed by atoms with Crippen LogP contribution in [0.3, 0.4) is 0 Å². The monoisotopic (exact) mass is 382 g/mol. The van der Waals surface area contributed by atoms with Crippen LogP contribution in [-0.2, 0) is 11.8 Å². The van der Waals surface area contributed by atoms with Crippen LogP contribution >= 0.6 is 0 Å².